The molecule has 1 aliphatic rings. The van der Waals surface area contributed by atoms with Crippen molar-refractivity contribution >= 4 is 28.6 Å². The minimum Gasteiger partial charge on any atom is -0.462 e. The molecule has 0 spiro atoms. The van der Waals surface area contributed by atoms with Crippen LogP contribution in [0, 0.1) is 13.8 Å². The van der Waals surface area contributed by atoms with Gasteiger partial charge in [-0.1, -0.05) is 24.3 Å². The highest BCUT2D eigenvalue weighted by molar-refractivity contribution is 5.97. The van der Waals surface area contributed by atoms with Gasteiger partial charge in [-0.05, 0) is 57.0 Å². The first-order valence-corrected chi connectivity index (χ1v) is 10.4. The first-order chi connectivity index (χ1) is 14.3. The number of aromatic nitrogens is 2. The zero-order valence-corrected chi connectivity index (χ0v) is 17.9. The van der Waals surface area contributed by atoms with Gasteiger partial charge in [-0.15, -0.1) is 0 Å². The van der Waals surface area contributed by atoms with Gasteiger partial charge >= 0.3 is 5.97 Å². The Morgan fingerprint density at radius 2 is 1.97 bits per heavy atom. The van der Waals surface area contributed by atoms with E-state index in [-0.39, 0.29) is 30.4 Å². The number of nitrogens with zero attached hydrogens (tertiary/aromatic N) is 3. The second-order valence-electron chi connectivity index (χ2n) is 8.28. The first kappa shape index (κ1) is 20.1. The highest BCUT2D eigenvalue weighted by atomic mass is 16.5. The third kappa shape index (κ3) is 3.82. The van der Waals surface area contributed by atoms with Crippen LogP contribution in [0.5, 0.6) is 0 Å². The monoisotopic (exact) mass is 405 g/mol. The minimum absolute atomic E-state index is 0.0806. The molecule has 30 heavy (non-hydrogen) atoms. The molecule has 1 amide bonds. The molecule has 4 rings (SSSR count). The van der Waals surface area contributed by atoms with Crippen molar-refractivity contribution in [3.63, 3.8) is 0 Å². The first-order valence-electron chi connectivity index (χ1n) is 10.4. The van der Waals surface area contributed by atoms with Gasteiger partial charge in [0.25, 0.3) is 0 Å². The Hall–Kier alpha value is -3.15. The number of hydrogen-bond donors (Lipinski definition) is 0. The molecule has 0 bridgehead atoms. The van der Waals surface area contributed by atoms with Crippen molar-refractivity contribution in [1.82, 2.24) is 9.55 Å². The van der Waals surface area contributed by atoms with Gasteiger partial charge in [0.15, 0.2) is 0 Å². The summed E-state index contributed by atoms with van der Waals surface area (Å²) >= 11 is 0. The van der Waals surface area contributed by atoms with Crippen LogP contribution in [-0.2, 0) is 20.9 Å². The van der Waals surface area contributed by atoms with Gasteiger partial charge in [-0.25, -0.2) is 4.98 Å². The van der Waals surface area contributed by atoms with Crippen LogP contribution < -0.4 is 4.90 Å². The van der Waals surface area contributed by atoms with Crippen molar-refractivity contribution in [3.8, 4) is 0 Å². The van der Waals surface area contributed by atoms with E-state index in [1.807, 2.05) is 67.5 Å². The summed E-state index contributed by atoms with van der Waals surface area (Å²) in [6.45, 7) is 8.35. The Kier molecular flexibility index (Phi) is 5.33. The predicted octanol–water partition coefficient (Wildman–Crippen LogP) is 4.13. The molecule has 1 aromatic heterocycles. The lowest BCUT2D eigenvalue weighted by atomic mass is 10.1. The maximum Gasteiger partial charge on any atom is 0.326 e. The summed E-state index contributed by atoms with van der Waals surface area (Å²) in [5.41, 5.74) is 4.84. The summed E-state index contributed by atoms with van der Waals surface area (Å²) in [7, 11) is 0. The highest BCUT2D eigenvalue weighted by Crippen LogP contribution is 2.34. The molecule has 156 valence electrons. The Morgan fingerprint density at radius 1 is 1.20 bits per heavy atom. The van der Waals surface area contributed by atoms with Crippen molar-refractivity contribution in [2.45, 2.75) is 52.7 Å². The van der Waals surface area contributed by atoms with E-state index in [0.29, 0.717) is 13.0 Å². The summed E-state index contributed by atoms with van der Waals surface area (Å²) in [5, 5.41) is 0. The number of para-hydroxylation sites is 2. The molecular weight excluding hydrogens is 378 g/mol. The lowest BCUT2D eigenvalue weighted by Crippen LogP contribution is -2.25. The average Bonchev–Trinajstić information content (AvgIpc) is 3.24. The molecule has 1 unspecified atom stereocenters. The van der Waals surface area contributed by atoms with E-state index in [1.165, 1.54) is 0 Å². The molecule has 2 heterocycles. The smallest absolute Gasteiger partial charge is 0.326 e. The quantitative estimate of drug-likeness (QED) is 0.599. The molecule has 0 saturated carbocycles. The highest BCUT2D eigenvalue weighted by Gasteiger charge is 2.35. The molecule has 2 aromatic carbocycles. The van der Waals surface area contributed by atoms with Crippen LogP contribution >= 0.6 is 0 Å². The molecule has 1 atom stereocenters. The predicted molar refractivity (Wildman–Crippen MR) is 117 cm³/mol. The molecule has 0 N–H and O–H groups in total. The summed E-state index contributed by atoms with van der Waals surface area (Å²) in [4.78, 5) is 32.0. The number of benzene rings is 2. The van der Waals surface area contributed by atoms with Crippen LogP contribution in [0.25, 0.3) is 11.0 Å². The van der Waals surface area contributed by atoms with Crippen molar-refractivity contribution in [2.24, 2.45) is 0 Å². The van der Waals surface area contributed by atoms with Gasteiger partial charge in [0.2, 0.25) is 5.91 Å². The second kappa shape index (κ2) is 7.94. The van der Waals surface area contributed by atoms with E-state index in [1.54, 1.807) is 0 Å². The van der Waals surface area contributed by atoms with E-state index in [4.69, 9.17) is 9.72 Å². The molecule has 3 aromatic rings. The topological polar surface area (TPSA) is 64.4 Å². The summed E-state index contributed by atoms with van der Waals surface area (Å²) in [6.07, 6.45) is 0.194. The Labute approximate surface area is 176 Å². The fraction of sp³-hybridized carbons (Fsp3) is 0.375. The van der Waals surface area contributed by atoms with Gasteiger partial charge in [0.05, 0.1) is 17.1 Å². The van der Waals surface area contributed by atoms with E-state index in [9.17, 15) is 9.59 Å². The molecule has 1 aliphatic heterocycles. The number of fused-ring (bicyclic) bond motifs is 1. The maximum atomic E-state index is 12.9. The molecule has 1 fully saturated rings. The number of imidazole rings is 1. The van der Waals surface area contributed by atoms with Crippen molar-refractivity contribution in [2.75, 3.05) is 11.4 Å². The van der Waals surface area contributed by atoms with Gasteiger partial charge in [0, 0.05) is 24.6 Å². The lowest BCUT2D eigenvalue weighted by Gasteiger charge is -2.20. The van der Waals surface area contributed by atoms with E-state index >= 15 is 0 Å². The summed E-state index contributed by atoms with van der Waals surface area (Å²) in [5.74, 6) is 0.455. The number of esters is 1. The molecule has 1 saturated heterocycles. The zero-order chi connectivity index (χ0) is 21.4. The Balaban J connectivity index is 1.69. The van der Waals surface area contributed by atoms with Crippen molar-refractivity contribution in [3.05, 3.63) is 59.4 Å². The zero-order valence-electron chi connectivity index (χ0n) is 17.9. The van der Waals surface area contributed by atoms with Crippen LogP contribution in [-0.4, -0.2) is 34.1 Å². The fourth-order valence-electron chi connectivity index (χ4n) is 4.12. The number of amides is 1. The number of carbonyl (C=O) groups is 2. The molecule has 0 radical (unpaired) electrons. The normalized spacial score (nSPS) is 16.6. The fourth-order valence-corrected chi connectivity index (χ4v) is 4.12. The van der Waals surface area contributed by atoms with Gasteiger partial charge < -0.3 is 14.2 Å². The summed E-state index contributed by atoms with van der Waals surface area (Å²) < 4.78 is 7.27. The van der Waals surface area contributed by atoms with Crippen LogP contribution in [0.4, 0.5) is 5.69 Å². The van der Waals surface area contributed by atoms with Crippen molar-refractivity contribution < 1.29 is 14.3 Å². The standard InChI is InChI=1S/C24H27N3O3/c1-15(2)30-23(29)14-27-20-8-6-5-7-19(20)25-24(27)18-12-22(28)26(13-18)21-11-16(3)9-10-17(21)4/h5-11,15,18H,12-14H2,1-4H3. The third-order valence-electron chi connectivity index (χ3n) is 5.48. The van der Waals surface area contributed by atoms with Crippen LogP contribution in [0.2, 0.25) is 0 Å². The molecule has 0 aliphatic carbocycles. The van der Waals surface area contributed by atoms with Gasteiger partial charge in [0.1, 0.15) is 12.4 Å². The van der Waals surface area contributed by atoms with Gasteiger partial charge in [-0.3, -0.25) is 9.59 Å². The number of hydrogen-bond acceptors (Lipinski definition) is 4. The van der Waals surface area contributed by atoms with E-state index < -0.39 is 0 Å². The van der Waals surface area contributed by atoms with Crippen LogP contribution in [0.15, 0.2) is 42.5 Å². The number of aryl methyl sites for hydroxylation is 2. The number of rotatable bonds is 5. The Bertz CT molecular complexity index is 1120. The minimum atomic E-state index is -0.301. The number of anilines is 1. The lowest BCUT2D eigenvalue weighted by molar-refractivity contribution is -0.148. The van der Waals surface area contributed by atoms with Crippen molar-refractivity contribution in [1.29, 1.82) is 0 Å². The van der Waals surface area contributed by atoms with Gasteiger partial charge in [-0.2, -0.15) is 0 Å². The molecule has 6 heteroatoms. The van der Waals surface area contributed by atoms with Crippen LogP contribution in [0.1, 0.15) is 43.1 Å². The number of ether oxygens (including phenoxy) is 1. The SMILES string of the molecule is Cc1ccc(C)c(N2CC(c3nc4ccccc4n3CC(=O)OC(C)C)CC2=O)c1. The van der Waals surface area contributed by atoms with E-state index in [0.717, 1.165) is 33.7 Å². The van der Waals surface area contributed by atoms with Crippen LogP contribution in [0.3, 0.4) is 0 Å². The Morgan fingerprint density at radius 3 is 2.73 bits per heavy atom. The maximum absolute atomic E-state index is 12.9. The second-order valence-corrected chi connectivity index (χ2v) is 8.28. The summed E-state index contributed by atoms with van der Waals surface area (Å²) in [6, 6.07) is 13.9. The van der Waals surface area contributed by atoms with E-state index in [2.05, 4.69) is 12.1 Å². The number of carbonyl (C=O) groups excluding carboxylic acids is 2. The third-order valence-corrected chi connectivity index (χ3v) is 5.48. The molecule has 6 nitrogen and oxygen atoms in total. The average molecular weight is 405 g/mol. The largest absolute Gasteiger partial charge is 0.462 e. The molecular formula is C24H27N3O3.